The number of hydrogen-bond donors (Lipinski definition) is 2. The van der Waals surface area contributed by atoms with Gasteiger partial charge in [0.25, 0.3) is 0 Å². The predicted molar refractivity (Wildman–Crippen MR) is 111 cm³/mol. The van der Waals surface area contributed by atoms with Crippen molar-refractivity contribution in [2.24, 2.45) is 17.3 Å². The molecule has 25 heavy (non-hydrogen) atoms. The summed E-state index contributed by atoms with van der Waals surface area (Å²) in [7, 11) is 0. The molecule has 0 aliphatic carbocycles. The molecule has 0 saturated carbocycles. The minimum absolute atomic E-state index is 0.677. The lowest BCUT2D eigenvalue weighted by Crippen LogP contribution is -2.28. The summed E-state index contributed by atoms with van der Waals surface area (Å²) in [6, 6.07) is 0. The van der Waals surface area contributed by atoms with Crippen molar-refractivity contribution in [3.05, 3.63) is 0 Å². The summed E-state index contributed by atoms with van der Waals surface area (Å²) in [6.07, 6.45) is 2.83. The van der Waals surface area contributed by atoms with Gasteiger partial charge in [-0.15, -0.1) is 0 Å². The number of rotatable bonds is 2. The first kappa shape index (κ1) is 22.9. The van der Waals surface area contributed by atoms with Crippen molar-refractivity contribution in [3.8, 4) is 0 Å². The molecule has 4 fully saturated rings. The van der Waals surface area contributed by atoms with Gasteiger partial charge in [-0.3, -0.25) is 0 Å². The van der Waals surface area contributed by atoms with E-state index >= 15 is 0 Å². The first-order valence-electron chi connectivity index (χ1n) is 11.1. The van der Waals surface area contributed by atoms with Gasteiger partial charge < -0.3 is 20.4 Å². The number of nitrogens with zero attached hydrogens (tertiary/aromatic N) is 2. The topological polar surface area (TPSA) is 30.5 Å². The lowest BCUT2D eigenvalue weighted by molar-refractivity contribution is 0.284. The Morgan fingerprint density at radius 1 is 0.840 bits per heavy atom. The Morgan fingerprint density at radius 2 is 1.44 bits per heavy atom. The summed E-state index contributed by atoms with van der Waals surface area (Å²) in [5.74, 6) is 1.94. The Balaban J connectivity index is 0.000000210. The summed E-state index contributed by atoms with van der Waals surface area (Å²) in [4.78, 5) is 5.14. The Bertz CT molecular complexity index is 316. The summed E-state index contributed by atoms with van der Waals surface area (Å²) in [5, 5.41) is 6.92. The van der Waals surface area contributed by atoms with Gasteiger partial charge in [0.1, 0.15) is 0 Å². The van der Waals surface area contributed by atoms with Crippen LogP contribution in [-0.2, 0) is 0 Å². The minimum Gasteiger partial charge on any atom is -0.316 e. The molecule has 4 aliphatic heterocycles. The van der Waals surface area contributed by atoms with Crippen molar-refractivity contribution < 1.29 is 0 Å². The fourth-order valence-electron chi connectivity index (χ4n) is 4.65. The SMILES string of the molecule is CC.CC.CCN1CC2CNCC2C1.CCN1CCC2(CCNC2)C1. The molecule has 0 bridgehead atoms. The van der Waals surface area contributed by atoms with Crippen molar-refractivity contribution in [2.75, 3.05) is 65.4 Å². The smallest absolute Gasteiger partial charge is 0.00510 e. The van der Waals surface area contributed by atoms with Crippen LogP contribution in [0.2, 0.25) is 0 Å². The van der Waals surface area contributed by atoms with E-state index in [-0.39, 0.29) is 0 Å². The monoisotopic (exact) mass is 354 g/mol. The maximum atomic E-state index is 3.47. The summed E-state index contributed by atoms with van der Waals surface area (Å²) < 4.78 is 0. The molecular formula is C21H46N4. The van der Waals surface area contributed by atoms with Gasteiger partial charge in [-0.1, -0.05) is 41.5 Å². The second-order valence-electron chi connectivity index (χ2n) is 7.58. The molecular weight excluding hydrogens is 308 g/mol. The van der Waals surface area contributed by atoms with Crippen LogP contribution in [0.3, 0.4) is 0 Å². The Hall–Kier alpha value is -0.160. The molecule has 4 rings (SSSR count). The molecule has 4 aliphatic rings. The van der Waals surface area contributed by atoms with E-state index in [2.05, 4.69) is 34.3 Å². The van der Waals surface area contributed by atoms with Gasteiger partial charge in [-0.25, -0.2) is 0 Å². The Kier molecular flexibility index (Phi) is 11.2. The Morgan fingerprint density at radius 3 is 1.88 bits per heavy atom. The summed E-state index contributed by atoms with van der Waals surface area (Å²) in [5.41, 5.74) is 0.677. The predicted octanol–water partition coefficient (Wildman–Crippen LogP) is 2.90. The van der Waals surface area contributed by atoms with Crippen LogP contribution in [-0.4, -0.2) is 75.2 Å². The van der Waals surface area contributed by atoms with E-state index in [9.17, 15) is 0 Å². The van der Waals surface area contributed by atoms with E-state index in [0.717, 1.165) is 11.8 Å². The van der Waals surface area contributed by atoms with Gasteiger partial charge in [0, 0.05) is 26.2 Å². The molecule has 0 amide bonds. The van der Waals surface area contributed by atoms with Gasteiger partial charge >= 0.3 is 0 Å². The number of fused-ring (bicyclic) bond motifs is 1. The fraction of sp³-hybridized carbons (Fsp3) is 1.00. The molecule has 0 aromatic carbocycles. The van der Waals surface area contributed by atoms with Crippen LogP contribution < -0.4 is 10.6 Å². The number of likely N-dealkylation sites (tertiary alicyclic amines) is 2. The normalized spacial score (nSPS) is 33.8. The van der Waals surface area contributed by atoms with E-state index in [1.807, 2.05) is 27.7 Å². The van der Waals surface area contributed by atoms with Gasteiger partial charge in [0.15, 0.2) is 0 Å². The molecule has 0 aromatic heterocycles. The Labute approximate surface area is 158 Å². The molecule has 4 heteroatoms. The van der Waals surface area contributed by atoms with Crippen LogP contribution in [0.5, 0.6) is 0 Å². The lowest BCUT2D eigenvalue weighted by atomic mass is 9.87. The second kappa shape index (κ2) is 12.3. The van der Waals surface area contributed by atoms with Crippen LogP contribution in [0.15, 0.2) is 0 Å². The first-order valence-corrected chi connectivity index (χ1v) is 11.1. The van der Waals surface area contributed by atoms with Gasteiger partial charge in [0.2, 0.25) is 0 Å². The van der Waals surface area contributed by atoms with Gasteiger partial charge in [-0.2, -0.15) is 0 Å². The molecule has 0 aromatic rings. The lowest BCUT2D eigenvalue weighted by Gasteiger charge is -2.21. The van der Waals surface area contributed by atoms with Gasteiger partial charge in [0.05, 0.1) is 0 Å². The third-order valence-electron chi connectivity index (χ3n) is 6.21. The summed E-state index contributed by atoms with van der Waals surface area (Å²) in [6.45, 7) is 25.4. The zero-order valence-electron chi connectivity index (χ0n) is 18.0. The van der Waals surface area contributed by atoms with Crippen molar-refractivity contribution in [1.29, 1.82) is 0 Å². The largest absolute Gasteiger partial charge is 0.316 e. The molecule has 4 heterocycles. The maximum absolute atomic E-state index is 3.47. The van der Waals surface area contributed by atoms with Crippen LogP contribution >= 0.6 is 0 Å². The quantitative estimate of drug-likeness (QED) is 0.798. The molecule has 2 N–H and O–H groups in total. The van der Waals surface area contributed by atoms with Gasteiger partial charge in [-0.05, 0) is 69.4 Å². The molecule has 1 spiro atoms. The fourth-order valence-corrected chi connectivity index (χ4v) is 4.65. The highest BCUT2D eigenvalue weighted by molar-refractivity contribution is 4.95. The maximum Gasteiger partial charge on any atom is 0.00510 e. The average molecular weight is 355 g/mol. The van der Waals surface area contributed by atoms with E-state index < -0.39 is 0 Å². The van der Waals surface area contributed by atoms with Crippen LogP contribution in [0, 0.1) is 17.3 Å². The average Bonchev–Trinajstić information content (AvgIpc) is 3.44. The molecule has 3 atom stereocenters. The standard InChI is InChI=1S/C9H18N2.C8H16N2.2C2H6/c1-2-11-6-4-9(8-11)3-5-10-7-9;1-2-10-5-7-3-9-4-8(7)6-10;2*1-2/h10H,2-8H2,1H3;7-9H,2-6H2,1H3;2*1-2H3. The van der Waals surface area contributed by atoms with Crippen LogP contribution in [0.1, 0.15) is 54.4 Å². The highest BCUT2D eigenvalue weighted by atomic mass is 15.2. The van der Waals surface area contributed by atoms with Crippen molar-refractivity contribution in [3.63, 3.8) is 0 Å². The molecule has 4 nitrogen and oxygen atoms in total. The second-order valence-corrected chi connectivity index (χ2v) is 7.58. The highest BCUT2D eigenvalue weighted by Gasteiger charge is 2.39. The van der Waals surface area contributed by atoms with E-state index in [1.54, 1.807) is 0 Å². The van der Waals surface area contributed by atoms with Crippen molar-refractivity contribution >= 4 is 0 Å². The number of nitrogens with one attached hydrogen (secondary N) is 2. The van der Waals surface area contributed by atoms with E-state index in [0.29, 0.717) is 5.41 Å². The highest BCUT2D eigenvalue weighted by Crippen LogP contribution is 2.35. The van der Waals surface area contributed by atoms with Crippen LogP contribution in [0.4, 0.5) is 0 Å². The summed E-state index contributed by atoms with van der Waals surface area (Å²) >= 11 is 0. The van der Waals surface area contributed by atoms with Crippen molar-refractivity contribution in [2.45, 2.75) is 54.4 Å². The first-order chi connectivity index (χ1) is 12.2. The van der Waals surface area contributed by atoms with Crippen molar-refractivity contribution in [1.82, 2.24) is 20.4 Å². The number of hydrogen-bond acceptors (Lipinski definition) is 4. The molecule has 0 radical (unpaired) electrons. The molecule has 3 unspecified atom stereocenters. The zero-order valence-corrected chi connectivity index (χ0v) is 18.0. The minimum atomic E-state index is 0.677. The zero-order chi connectivity index (χ0) is 18.7. The van der Waals surface area contributed by atoms with E-state index in [1.165, 1.54) is 78.3 Å². The molecule has 4 saturated heterocycles. The third kappa shape index (κ3) is 6.50. The molecule has 150 valence electrons. The van der Waals surface area contributed by atoms with Crippen LogP contribution in [0.25, 0.3) is 0 Å². The third-order valence-corrected chi connectivity index (χ3v) is 6.21. The van der Waals surface area contributed by atoms with E-state index in [4.69, 9.17) is 0 Å².